The minimum atomic E-state index is -0.808. The molecule has 0 fully saturated rings. The minimum Gasteiger partial charge on any atom is -0.448 e. The van der Waals surface area contributed by atoms with E-state index in [4.69, 9.17) is 4.74 Å². The number of nitrogens with zero attached hydrogens (tertiary/aromatic N) is 4. The lowest BCUT2D eigenvalue weighted by Crippen LogP contribution is -2.42. The number of benzene rings is 3. The maximum atomic E-state index is 12.8. The Labute approximate surface area is 245 Å². The molecule has 10 nitrogen and oxygen atoms in total. The molecule has 0 saturated carbocycles. The fourth-order valence-corrected chi connectivity index (χ4v) is 4.19. The van der Waals surface area contributed by atoms with Gasteiger partial charge in [-0.15, -0.1) is 0 Å². The van der Waals surface area contributed by atoms with Gasteiger partial charge in [0.1, 0.15) is 6.61 Å². The van der Waals surface area contributed by atoms with E-state index in [2.05, 4.69) is 32.5 Å². The quantitative estimate of drug-likeness (QED) is 0.231. The fraction of sp³-hybridized carbons (Fsp3) is 0.250. The maximum Gasteiger partial charge on any atom is 0.407 e. The Bertz CT molecular complexity index is 1530. The maximum absolute atomic E-state index is 12.8. The summed E-state index contributed by atoms with van der Waals surface area (Å²) >= 11 is 0. The van der Waals surface area contributed by atoms with E-state index < -0.39 is 17.7 Å². The third-order valence-corrected chi connectivity index (χ3v) is 6.63. The summed E-state index contributed by atoms with van der Waals surface area (Å²) in [6, 6.07) is 22.6. The molecule has 42 heavy (non-hydrogen) atoms. The van der Waals surface area contributed by atoms with Gasteiger partial charge in [-0.3, -0.25) is 9.59 Å². The third-order valence-electron chi connectivity index (χ3n) is 6.63. The van der Waals surface area contributed by atoms with Gasteiger partial charge in [0.25, 0.3) is 11.8 Å². The zero-order chi connectivity index (χ0) is 30.3. The largest absolute Gasteiger partial charge is 0.448 e. The monoisotopic (exact) mass is 566 g/mol. The molecule has 4 rings (SSSR count). The molecule has 0 aromatic heterocycles. The smallest absolute Gasteiger partial charge is 0.407 e. The number of carbonyl (C=O) groups excluding carboxylic acids is 3. The number of rotatable bonds is 10. The number of nitrogens with one attached hydrogen (secondary N) is 2. The number of allylic oxidation sites excluding steroid dienone is 1. The highest BCUT2D eigenvalue weighted by Crippen LogP contribution is 2.25. The van der Waals surface area contributed by atoms with Crippen molar-refractivity contribution < 1.29 is 19.1 Å². The first-order valence-electron chi connectivity index (χ1n) is 13.5. The lowest BCUT2D eigenvalue weighted by atomic mass is 9.92. The summed E-state index contributed by atoms with van der Waals surface area (Å²) in [5.74, 6) is -0.609. The molecular formula is C32H34N6O4. The molecule has 0 aliphatic carbocycles. The highest BCUT2D eigenvalue weighted by atomic mass is 16.5. The molecule has 216 valence electrons. The number of anilines is 1. The first-order chi connectivity index (χ1) is 20.0. The van der Waals surface area contributed by atoms with Crippen LogP contribution in [0.5, 0.6) is 0 Å². The number of para-hydroxylation sites is 1. The number of hydrogen-bond acceptors (Lipinski definition) is 7. The number of azo groups is 1. The first kappa shape index (κ1) is 29.9. The molecule has 2 N–H and O–H groups in total. The fourth-order valence-electron chi connectivity index (χ4n) is 4.19. The van der Waals surface area contributed by atoms with Crippen LogP contribution in [0.25, 0.3) is 5.57 Å². The van der Waals surface area contributed by atoms with E-state index in [1.807, 2.05) is 63.2 Å². The molecule has 1 aliphatic rings. The second-order valence-electron chi connectivity index (χ2n) is 10.4. The Morgan fingerprint density at radius 3 is 2.43 bits per heavy atom. The molecule has 1 aliphatic heterocycles. The molecule has 1 heterocycles. The Kier molecular flexibility index (Phi) is 9.26. The Morgan fingerprint density at radius 2 is 1.74 bits per heavy atom. The molecule has 3 aromatic rings. The summed E-state index contributed by atoms with van der Waals surface area (Å²) in [4.78, 5) is 37.7. The molecule has 0 spiro atoms. The summed E-state index contributed by atoms with van der Waals surface area (Å²) < 4.78 is 5.27. The van der Waals surface area contributed by atoms with Crippen molar-refractivity contribution in [2.45, 2.75) is 39.3 Å². The standard InChI is InChI=1S/C32H34N6O4/c1-21(2)24-10-9-11-25(20-24)32(4,5)34-31(41)42-19-18-33-29(39)23-14-16-26(17-15-23)35-36-28-22(3)37-38(30(28)40)27-12-7-6-8-13-27/h6-17,20,28H,1,18-19H2,2-5H3,(H,33,39)(H,34,41)/b36-35+. The molecular weight excluding hydrogens is 532 g/mol. The van der Waals surface area contributed by atoms with E-state index in [0.717, 1.165) is 16.7 Å². The minimum absolute atomic E-state index is 0.00206. The molecule has 0 radical (unpaired) electrons. The lowest BCUT2D eigenvalue weighted by Gasteiger charge is -2.27. The van der Waals surface area contributed by atoms with Crippen LogP contribution < -0.4 is 15.6 Å². The predicted molar refractivity (Wildman–Crippen MR) is 163 cm³/mol. The van der Waals surface area contributed by atoms with Crippen LogP contribution in [0.1, 0.15) is 49.2 Å². The second kappa shape index (κ2) is 13.0. The van der Waals surface area contributed by atoms with Crippen molar-refractivity contribution in [3.05, 3.63) is 102 Å². The Hall–Kier alpha value is -5.12. The summed E-state index contributed by atoms with van der Waals surface area (Å²) in [5, 5.41) is 19.6. The van der Waals surface area contributed by atoms with Gasteiger partial charge in [-0.1, -0.05) is 48.6 Å². The van der Waals surface area contributed by atoms with Gasteiger partial charge in [-0.05, 0) is 81.3 Å². The number of hydrogen-bond donors (Lipinski definition) is 2. The predicted octanol–water partition coefficient (Wildman–Crippen LogP) is 5.99. The zero-order valence-electron chi connectivity index (χ0n) is 24.1. The van der Waals surface area contributed by atoms with E-state index in [9.17, 15) is 14.4 Å². The number of ether oxygens (including phenoxy) is 1. The highest BCUT2D eigenvalue weighted by Gasteiger charge is 2.34. The normalized spacial score (nSPS) is 15.0. The topological polar surface area (TPSA) is 125 Å². The van der Waals surface area contributed by atoms with Gasteiger partial charge in [-0.2, -0.15) is 20.3 Å². The Morgan fingerprint density at radius 1 is 1.02 bits per heavy atom. The summed E-state index contributed by atoms with van der Waals surface area (Å²) in [7, 11) is 0. The van der Waals surface area contributed by atoms with E-state index in [-0.39, 0.29) is 25.0 Å². The van der Waals surface area contributed by atoms with Crippen molar-refractivity contribution in [3.8, 4) is 0 Å². The van der Waals surface area contributed by atoms with Crippen molar-refractivity contribution >= 4 is 40.6 Å². The summed E-state index contributed by atoms with van der Waals surface area (Å²) in [5.41, 5.74) is 4.29. The van der Waals surface area contributed by atoms with Crippen molar-refractivity contribution in [1.82, 2.24) is 10.6 Å². The lowest BCUT2D eigenvalue weighted by molar-refractivity contribution is -0.117. The molecule has 3 aromatic carbocycles. The van der Waals surface area contributed by atoms with Crippen molar-refractivity contribution in [2.75, 3.05) is 18.2 Å². The molecule has 3 amide bonds. The van der Waals surface area contributed by atoms with Gasteiger partial charge < -0.3 is 15.4 Å². The average molecular weight is 567 g/mol. The molecule has 0 saturated heterocycles. The number of hydrazone groups is 1. The molecule has 1 unspecified atom stereocenters. The van der Waals surface area contributed by atoms with Crippen molar-refractivity contribution in [3.63, 3.8) is 0 Å². The number of amides is 3. The van der Waals surface area contributed by atoms with Gasteiger partial charge in [0.15, 0.2) is 6.04 Å². The van der Waals surface area contributed by atoms with E-state index in [1.54, 1.807) is 43.3 Å². The molecule has 1 atom stereocenters. The van der Waals surface area contributed by atoms with Crippen LogP contribution in [0.2, 0.25) is 0 Å². The van der Waals surface area contributed by atoms with Crippen LogP contribution in [-0.4, -0.2) is 42.8 Å². The van der Waals surface area contributed by atoms with Crippen molar-refractivity contribution in [2.24, 2.45) is 15.3 Å². The highest BCUT2D eigenvalue weighted by molar-refractivity contribution is 6.18. The van der Waals surface area contributed by atoms with Crippen LogP contribution in [-0.2, 0) is 15.1 Å². The SMILES string of the molecule is C=C(C)c1cccc(C(C)(C)NC(=O)OCCNC(=O)c2ccc(/N=N/C3C(=O)N(c4ccccc4)N=C3C)cc2)c1. The summed E-state index contributed by atoms with van der Waals surface area (Å²) in [6.07, 6.45) is -0.586. The van der Waals surface area contributed by atoms with Crippen LogP contribution in [0.4, 0.5) is 16.2 Å². The van der Waals surface area contributed by atoms with Crippen LogP contribution >= 0.6 is 0 Å². The number of carbonyl (C=O) groups is 3. The zero-order valence-corrected chi connectivity index (χ0v) is 24.1. The van der Waals surface area contributed by atoms with Crippen LogP contribution in [0.3, 0.4) is 0 Å². The van der Waals surface area contributed by atoms with Crippen LogP contribution in [0, 0.1) is 0 Å². The summed E-state index contributed by atoms with van der Waals surface area (Å²) in [6.45, 7) is 11.5. The van der Waals surface area contributed by atoms with E-state index in [1.165, 1.54) is 5.01 Å². The van der Waals surface area contributed by atoms with Gasteiger partial charge in [0, 0.05) is 5.56 Å². The van der Waals surface area contributed by atoms with Crippen LogP contribution in [0.15, 0.2) is 101 Å². The molecule has 10 heteroatoms. The Balaban J connectivity index is 1.23. The first-order valence-corrected chi connectivity index (χ1v) is 13.5. The van der Waals surface area contributed by atoms with Gasteiger partial charge in [0.2, 0.25) is 0 Å². The van der Waals surface area contributed by atoms with Gasteiger partial charge >= 0.3 is 6.09 Å². The van der Waals surface area contributed by atoms with Crippen molar-refractivity contribution in [1.29, 1.82) is 0 Å². The van der Waals surface area contributed by atoms with Gasteiger partial charge in [-0.25, -0.2) is 4.79 Å². The second-order valence-corrected chi connectivity index (χ2v) is 10.4. The van der Waals surface area contributed by atoms with E-state index >= 15 is 0 Å². The van der Waals surface area contributed by atoms with Gasteiger partial charge in [0.05, 0.1) is 29.2 Å². The molecule has 0 bridgehead atoms. The number of alkyl carbamates (subject to hydrolysis) is 1. The average Bonchev–Trinajstić information content (AvgIpc) is 3.27. The van der Waals surface area contributed by atoms with E-state index in [0.29, 0.717) is 22.6 Å². The third kappa shape index (κ3) is 7.34.